The molecule has 1 aliphatic carbocycles. The van der Waals surface area contributed by atoms with Crippen LogP contribution in [0.1, 0.15) is 19.3 Å². The quantitative estimate of drug-likeness (QED) is 0.720. The number of piperidine rings is 1. The van der Waals surface area contributed by atoms with Gasteiger partial charge in [0.2, 0.25) is 0 Å². The second-order valence-corrected chi connectivity index (χ2v) is 4.85. The summed E-state index contributed by atoms with van der Waals surface area (Å²) in [5, 5.41) is 0. The van der Waals surface area contributed by atoms with Crippen LogP contribution >= 0.6 is 0 Å². The molecule has 0 radical (unpaired) electrons. The Morgan fingerprint density at radius 1 is 1.33 bits per heavy atom. The fourth-order valence-electron chi connectivity index (χ4n) is 2.24. The Morgan fingerprint density at radius 3 is 2.72 bits per heavy atom. The summed E-state index contributed by atoms with van der Waals surface area (Å²) in [6.45, 7) is 1.69. The average Bonchev–Trinajstić information content (AvgIpc) is 2.46. The van der Waals surface area contributed by atoms with Crippen LogP contribution in [0.5, 0.6) is 0 Å². The summed E-state index contributed by atoms with van der Waals surface area (Å²) >= 11 is 0. The lowest BCUT2D eigenvalue weighted by Crippen LogP contribution is -2.39. The number of aldehydes is 1. The first-order chi connectivity index (χ1) is 8.79. The zero-order valence-electron chi connectivity index (χ0n) is 10.5. The molecule has 1 atom stereocenters. The van der Waals surface area contributed by atoms with Crippen molar-refractivity contribution in [1.82, 2.24) is 4.90 Å². The number of carbonyl (C=O) groups is 2. The first-order valence-corrected chi connectivity index (χ1v) is 6.50. The van der Waals surface area contributed by atoms with E-state index in [1.54, 1.807) is 4.90 Å². The minimum atomic E-state index is -0.248. The van der Waals surface area contributed by atoms with Crippen molar-refractivity contribution in [1.29, 1.82) is 0 Å². The maximum atomic E-state index is 11.8. The number of likely N-dealkylation sites (tertiary alicyclic amines) is 1. The van der Waals surface area contributed by atoms with Gasteiger partial charge in [0.25, 0.3) is 0 Å². The topological polar surface area (TPSA) is 46.6 Å². The molecule has 0 bridgehead atoms. The molecule has 0 aromatic rings. The summed E-state index contributed by atoms with van der Waals surface area (Å²) in [6.07, 6.45) is 11.3. The number of nitrogens with zero attached hydrogens (tertiary/aromatic N) is 1. The second kappa shape index (κ2) is 6.38. The van der Waals surface area contributed by atoms with Crippen LogP contribution in [0.3, 0.4) is 0 Å². The predicted molar refractivity (Wildman–Crippen MR) is 68.1 cm³/mol. The van der Waals surface area contributed by atoms with E-state index < -0.39 is 0 Å². The molecule has 0 saturated carbocycles. The maximum Gasteiger partial charge on any atom is 0.409 e. The van der Waals surface area contributed by atoms with Crippen LogP contribution in [0.25, 0.3) is 0 Å². The lowest BCUT2D eigenvalue weighted by atomic mass is 9.99. The van der Waals surface area contributed by atoms with Gasteiger partial charge >= 0.3 is 6.09 Å². The summed E-state index contributed by atoms with van der Waals surface area (Å²) in [4.78, 5) is 24.1. The molecule has 4 heteroatoms. The zero-order valence-corrected chi connectivity index (χ0v) is 10.5. The van der Waals surface area contributed by atoms with Gasteiger partial charge in [-0.1, -0.05) is 24.3 Å². The van der Waals surface area contributed by atoms with E-state index in [4.69, 9.17) is 4.74 Å². The van der Waals surface area contributed by atoms with E-state index in [0.29, 0.717) is 25.6 Å². The third-order valence-corrected chi connectivity index (χ3v) is 3.48. The van der Waals surface area contributed by atoms with Gasteiger partial charge in [-0.2, -0.15) is 0 Å². The van der Waals surface area contributed by atoms with Crippen LogP contribution in [0, 0.1) is 11.8 Å². The third-order valence-electron chi connectivity index (χ3n) is 3.48. The number of rotatable bonds is 3. The van der Waals surface area contributed by atoms with Crippen LogP contribution in [0.15, 0.2) is 24.3 Å². The summed E-state index contributed by atoms with van der Waals surface area (Å²) in [6, 6.07) is 0. The van der Waals surface area contributed by atoms with Gasteiger partial charge in [0.05, 0.1) is 6.61 Å². The van der Waals surface area contributed by atoms with E-state index in [9.17, 15) is 9.59 Å². The van der Waals surface area contributed by atoms with E-state index in [-0.39, 0.29) is 12.0 Å². The Hall–Kier alpha value is -1.58. The van der Waals surface area contributed by atoms with Gasteiger partial charge in [-0.05, 0) is 19.3 Å². The molecule has 1 unspecified atom stereocenters. The van der Waals surface area contributed by atoms with Crippen LogP contribution in [0.4, 0.5) is 4.79 Å². The predicted octanol–water partition coefficient (Wildman–Crippen LogP) is 2.17. The van der Waals surface area contributed by atoms with Crippen LogP contribution in [-0.4, -0.2) is 37.0 Å². The monoisotopic (exact) mass is 249 g/mol. The molecule has 98 valence electrons. The summed E-state index contributed by atoms with van der Waals surface area (Å²) in [5.41, 5.74) is 0. The van der Waals surface area contributed by atoms with Crippen molar-refractivity contribution >= 4 is 12.4 Å². The smallest absolute Gasteiger partial charge is 0.409 e. The van der Waals surface area contributed by atoms with Crippen molar-refractivity contribution in [2.24, 2.45) is 11.8 Å². The molecule has 1 saturated heterocycles. The van der Waals surface area contributed by atoms with Crippen molar-refractivity contribution in [3.05, 3.63) is 24.3 Å². The van der Waals surface area contributed by atoms with Gasteiger partial charge in [0.15, 0.2) is 0 Å². The number of hydrogen-bond donors (Lipinski definition) is 0. The largest absolute Gasteiger partial charge is 0.449 e. The van der Waals surface area contributed by atoms with Crippen molar-refractivity contribution in [2.45, 2.75) is 19.3 Å². The van der Waals surface area contributed by atoms with E-state index in [0.717, 1.165) is 25.5 Å². The highest BCUT2D eigenvalue weighted by Crippen LogP contribution is 2.17. The minimum Gasteiger partial charge on any atom is -0.449 e. The first-order valence-electron chi connectivity index (χ1n) is 6.50. The molecule has 18 heavy (non-hydrogen) atoms. The van der Waals surface area contributed by atoms with E-state index >= 15 is 0 Å². The van der Waals surface area contributed by atoms with E-state index in [1.165, 1.54) is 0 Å². The molecule has 1 heterocycles. The molecule has 0 spiro atoms. The van der Waals surface area contributed by atoms with Gasteiger partial charge < -0.3 is 14.4 Å². The average molecular weight is 249 g/mol. The highest BCUT2D eigenvalue weighted by atomic mass is 16.6. The molecule has 1 aliphatic heterocycles. The number of hydrogen-bond acceptors (Lipinski definition) is 3. The van der Waals surface area contributed by atoms with Gasteiger partial charge in [-0.25, -0.2) is 4.79 Å². The van der Waals surface area contributed by atoms with Crippen molar-refractivity contribution in [2.75, 3.05) is 19.7 Å². The van der Waals surface area contributed by atoms with Gasteiger partial charge in [-0.15, -0.1) is 0 Å². The highest BCUT2D eigenvalue weighted by Gasteiger charge is 2.23. The molecule has 1 fully saturated rings. The van der Waals surface area contributed by atoms with Gasteiger partial charge in [-0.3, -0.25) is 0 Å². The lowest BCUT2D eigenvalue weighted by molar-refractivity contribution is -0.112. The van der Waals surface area contributed by atoms with Crippen LogP contribution < -0.4 is 0 Å². The Bertz CT molecular complexity index is 354. The molecule has 2 rings (SSSR count). The van der Waals surface area contributed by atoms with Crippen molar-refractivity contribution < 1.29 is 14.3 Å². The highest BCUT2D eigenvalue weighted by molar-refractivity contribution is 5.68. The molecule has 0 N–H and O–H groups in total. The van der Waals surface area contributed by atoms with Gasteiger partial charge in [0.1, 0.15) is 6.29 Å². The number of carbonyl (C=O) groups excluding carboxylic acids is 2. The maximum absolute atomic E-state index is 11.8. The molecule has 0 aromatic carbocycles. The molecular weight excluding hydrogens is 230 g/mol. The Labute approximate surface area is 107 Å². The molecule has 4 nitrogen and oxygen atoms in total. The van der Waals surface area contributed by atoms with E-state index in [1.807, 2.05) is 12.2 Å². The van der Waals surface area contributed by atoms with Crippen LogP contribution in [-0.2, 0) is 9.53 Å². The van der Waals surface area contributed by atoms with Gasteiger partial charge in [0, 0.05) is 24.9 Å². The molecule has 0 aromatic heterocycles. The number of ether oxygens (including phenoxy) is 1. The number of allylic oxidation sites excluding steroid dienone is 3. The second-order valence-electron chi connectivity index (χ2n) is 4.85. The molecular formula is C14H19NO3. The minimum absolute atomic E-state index is 0.112. The fourth-order valence-corrected chi connectivity index (χ4v) is 2.24. The zero-order chi connectivity index (χ0) is 12.8. The Kier molecular flexibility index (Phi) is 4.56. The Morgan fingerprint density at radius 2 is 2.11 bits per heavy atom. The van der Waals surface area contributed by atoms with Crippen molar-refractivity contribution in [3.63, 3.8) is 0 Å². The molecule has 2 aliphatic rings. The normalized spacial score (nSPS) is 24.0. The summed E-state index contributed by atoms with van der Waals surface area (Å²) < 4.78 is 5.30. The standard InChI is InChI=1S/C14H19NO3/c16-10-12-6-8-15(9-7-12)14(17)18-11-13-4-2-1-3-5-13/h1-4,10,12-13H,5-9,11H2. The Balaban J connectivity index is 1.70. The number of amides is 1. The van der Waals surface area contributed by atoms with E-state index in [2.05, 4.69) is 12.2 Å². The summed E-state index contributed by atoms with van der Waals surface area (Å²) in [5.74, 6) is 0.409. The first kappa shape index (κ1) is 12.9. The SMILES string of the molecule is O=CC1CCN(C(=O)OCC2C=CC=CC2)CC1. The lowest BCUT2D eigenvalue weighted by Gasteiger charge is -2.29. The van der Waals surface area contributed by atoms with Crippen molar-refractivity contribution in [3.8, 4) is 0 Å². The summed E-state index contributed by atoms with van der Waals surface area (Å²) in [7, 11) is 0. The third kappa shape index (κ3) is 3.45. The van der Waals surface area contributed by atoms with Crippen LogP contribution in [0.2, 0.25) is 0 Å². The fraction of sp³-hybridized carbons (Fsp3) is 0.571. The molecule has 1 amide bonds.